The van der Waals surface area contributed by atoms with Crippen molar-refractivity contribution in [2.24, 2.45) is 5.73 Å². The number of nitrogens with two attached hydrogens (primary N) is 1. The first-order valence-electron chi connectivity index (χ1n) is 6.20. The molecule has 21 heavy (non-hydrogen) atoms. The third-order valence-corrected chi connectivity index (χ3v) is 4.10. The lowest BCUT2D eigenvalue weighted by atomic mass is 9.86. The predicted octanol–water partition coefficient (Wildman–Crippen LogP) is 1.62. The van der Waals surface area contributed by atoms with E-state index in [4.69, 9.17) is 15.4 Å². The van der Waals surface area contributed by atoms with Gasteiger partial charge in [0.25, 0.3) is 10.1 Å². The summed E-state index contributed by atoms with van der Waals surface area (Å²) in [7, 11) is -3.92. The molecule has 0 aliphatic carbocycles. The van der Waals surface area contributed by atoms with Crippen LogP contribution in [-0.4, -0.2) is 35.5 Å². The number of phenolic OH excluding ortho intramolecular Hbond substituents is 1. The standard InChI is InChI=1S/C11H16INO.C2H6O4S/c1-11(2,3)8-4-7(6-13)10(14)9(12)5-8;3-1-2-7(4,5)6/h4-5,14H,6,13H2,1-3H3;3H,1-2H2,(H,4,5,6). The minimum Gasteiger partial charge on any atom is -0.507 e. The molecule has 0 aromatic heterocycles. The van der Waals surface area contributed by atoms with Gasteiger partial charge in [-0.2, -0.15) is 8.42 Å². The third kappa shape index (κ3) is 7.96. The molecule has 0 amide bonds. The van der Waals surface area contributed by atoms with Crippen LogP contribution in [0, 0.1) is 3.57 Å². The molecule has 5 N–H and O–H groups in total. The molecule has 0 heterocycles. The molecule has 0 radical (unpaired) electrons. The molecule has 0 saturated carbocycles. The van der Waals surface area contributed by atoms with Gasteiger partial charge < -0.3 is 15.9 Å². The highest BCUT2D eigenvalue weighted by molar-refractivity contribution is 14.1. The van der Waals surface area contributed by atoms with Crippen LogP contribution in [-0.2, 0) is 22.1 Å². The van der Waals surface area contributed by atoms with Gasteiger partial charge in [-0.25, -0.2) is 0 Å². The van der Waals surface area contributed by atoms with Crippen molar-refractivity contribution in [3.8, 4) is 5.75 Å². The van der Waals surface area contributed by atoms with E-state index in [1.54, 1.807) is 0 Å². The molecular weight excluding hydrogens is 409 g/mol. The number of phenols is 1. The van der Waals surface area contributed by atoms with E-state index in [0.717, 1.165) is 9.13 Å². The lowest BCUT2D eigenvalue weighted by Gasteiger charge is -2.21. The molecule has 122 valence electrons. The summed E-state index contributed by atoms with van der Waals surface area (Å²) in [6.45, 7) is 6.30. The first-order chi connectivity index (χ1) is 9.42. The summed E-state index contributed by atoms with van der Waals surface area (Å²) in [5, 5.41) is 17.6. The van der Waals surface area contributed by atoms with Gasteiger partial charge in [0.2, 0.25) is 0 Å². The molecule has 6 nitrogen and oxygen atoms in total. The first-order valence-corrected chi connectivity index (χ1v) is 8.89. The zero-order chi connectivity index (χ0) is 16.8. The number of benzene rings is 1. The van der Waals surface area contributed by atoms with Gasteiger partial charge >= 0.3 is 0 Å². The van der Waals surface area contributed by atoms with E-state index in [1.807, 2.05) is 12.1 Å². The topological polar surface area (TPSA) is 121 Å². The van der Waals surface area contributed by atoms with Crippen LogP contribution in [0.2, 0.25) is 0 Å². The molecule has 0 atom stereocenters. The van der Waals surface area contributed by atoms with E-state index in [9.17, 15) is 13.5 Å². The number of aliphatic hydroxyl groups excluding tert-OH is 1. The predicted molar refractivity (Wildman–Crippen MR) is 90.9 cm³/mol. The molecule has 0 aliphatic rings. The first kappa shape index (κ1) is 20.6. The number of hydrogen-bond donors (Lipinski definition) is 4. The summed E-state index contributed by atoms with van der Waals surface area (Å²) in [5.74, 6) is -0.256. The highest BCUT2D eigenvalue weighted by Crippen LogP contribution is 2.31. The SMILES string of the molecule is CC(C)(C)c1cc(I)c(O)c(CN)c1.O=S(=O)(O)CCO. The summed E-state index contributed by atoms with van der Waals surface area (Å²) in [6, 6.07) is 3.99. The average molecular weight is 431 g/mol. The van der Waals surface area contributed by atoms with Crippen molar-refractivity contribution >= 4 is 32.7 Å². The van der Waals surface area contributed by atoms with Gasteiger partial charge in [0.1, 0.15) is 5.75 Å². The zero-order valence-electron chi connectivity index (χ0n) is 12.3. The van der Waals surface area contributed by atoms with Crippen molar-refractivity contribution in [3.05, 3.63) is 26.8 Å². The van der Waals surface area contributed by atoms with Crippen molar-refractivity contribution in [1.82, 2.24) is 0 Å². The number of halogens is 1. The van der Waals surface area contributed by atoms with Gasteiger partial charge in [0.05, 0.1) is 15.9 Å². The van der Waals surface area contributed by atoms with Crippen LogP contribution in [0.1, 0.15) is 31.9 Å². The Labute approximate surface area is 139 Å². The molecule has 1 aromatic rings. The Morgan fingerprint density at radius 3 is 2.10 bits per heavy atom. The molecule has 1 aromatic carbocycles. The second-order valence-corrected chi connectivity index (χ2v) is 8.16. The van der Waals surface area contributed by atoms with E-state index in [0.29, 0.717) is 12.3 Å². The number of aliphatic hydroxyl groups is 1. The second kappa shape index (κ2) is 8.28. The van der Waals surface area contributed by atoms with Crippen LogP contribution in [0.25, 0.3) is 0 Å². The highest BCUT2D eigenvalue weighted by Gasteiger charge is 2.17. The van der Waals surface area contributed by atoms with Gasteiger partial charge in [-0.3, -0.25) is 4.55 Å². The summed E-state index contributed by atoms with van der Waals surface area (Å²) in [4.78, 5) is 0. The monoisotopic (exact) mass is 431 g/mol. The van der Waals surface area contributed by atoms with Crippen LogP contribution in [0.4, 0.5) is 0 Å². The van der Waals surface area contributed by atoms with E-state index < -0.39 is 22.5 Å². The minimum atomic E-state index is -3.92. The van der Waals surface area contributed by atoms with Crippen LogP contribution < -0.4 is 5.73 Å². The number of rotatable bonds is 3. The van der Waals surface area contributed by atoms with Crippen molar-refractivity contribution in [3.63, 3.8) is 0 Å². The maximum atomic E-state index is 9.70. The molecule has 0 spiro atoms. The van der Waals surface area contributed by atoms with Gasteiger partial charge in [0, 0.05) is 12.1 Å². The second-order valence-electron chi connectivity index (χ2n) is 5.43. The highest BCUT2D eigenvalue weighted by atomic mass is 127. The maximum Gasteiger partial charge on any atom is 0.267 e. The number of aromatic hydroxyl groups is 1. The molecule has 0 bridgehead atoms. The molecule has 1 rings (SSSR count). The van der Waals surface area contributed by atoms with E-state index in [-0.39, 0.29) is 5.41 Å². The molecule has 0 aliphatic heterocycles. The van der Waals surface area contributed by atoms with Gasteiger partial charge in [-0.1, -0.05) is 26.8 Å². The Morgan fingerprint density at radius 1 is 1.29 bits per heavy atom. The summed E-state index contributed by atoms with van der Waals surface area (Å²) in [6.07, 6.45) is 0. The van der Waals surface area contributed by atoms with Crippen molar-refractivity contribution in [1.29, 1.82) is 0 Å². The molecular formula is C13H22INO5S. The number of hydrogen-bond acceptors (Lipinski definition) is 5. The molecule has 0 fully saturated rings. The Hall–Kier alpha value is -0.420. The van der Waals surface area contributed by atoms with Crippen LogP contribution >= 0.6 is 22.6 Å². The fourth-order valence-electron chi connectivity index (χ4n) is 1.36. The fraction of sp³-hybridized carbons (Fsp3) is 0.538. The maximum absolute atomic E-state index is 9.70. The zero-order valence-corrected chi connectivity index (χ0v) is 15.3. The molecule has 0 saturated heterocycles. The van der Waals surface area contributed by atoms with Gasteiger partial charge in [-0.05, 0) is 39.6 Å². The van der Waals surface area contributed by atoms with Crippen LogP contribution in [0.15, 0.2) is 12.1 Å². The normalized spacial score (nSPS) is 11.8. The average Bonchev–Trinajstić information content (AvgIpc) is 2.30. The summed E-state index contributed by atoms with van der Waals surface area (Å²) >= 11 is 2.13. The molecule has 8 heteroatoms. The Balaban J connectivity index is 0.000000486. The van der Waals surface area contributed by atoms with Crippen molar-refractivity contribution in [2.75, 3.05) is 12.4 Å². The van der Waals surface area contributed by atoms with E-state index in [2.05, 4.69) is 43.4 Å². The largest absolute Gasteiger partial charge is 0.507 e. The third-order valence-electron chi connectivity index (χ3n) is 2.58. The fourth-order valence-corrected chi connectivity index (χ4v) is 2.27. The lowest BCUT2D eigenvalue weighted by molar-refractivity contribution is 0.315. The van der Waals surface area contributed by atoms with Crippen LogP contribution in [0.3, 0.4) is 0 Å². The summed E-state index contributed by atoms with van der Waals surface area (Å²) < 4.78 is 28.0. The Morgan fingerprint density at radius 2 is 1.81 bits per heavy atom. The Kier molecular flexibility index (Phi) is 8.11. The lowest BCUT2D eigenvalue weighted by Crippen LogP contribution is -2.12. The smallest absolute Gasteiger partial charge is 0.267 e. The quantitative estimate of drug-likeness (QED) is 0.427. The van der Waals surface area contributed by atoms with Crippen molar-refractivity contribution < 1.29 is 23.2 Å². The molecule has 0 unspecified atom stereocenters. The van der Waals surface area contributed by atoms with E-state index in [1.165, 1.54) is 5.56 Å². The van der Waals surface area contributed by atoms with Crippen LogP contribution in [0.5, 0.6) is 5.75 Å². The Bertz CT molecular complexity index is 567. The van der Waals surface area contributed by atoms with E-state index >= 15 is 0 Å². The van der Waals surface area contributed by atoms with Gasteiger partial charge in [0.15, 0.2) is 0 Å². The minimum absolute atomic E-state index is 0.0948. The van der Waals surface area contributed by atoms with Gasteiger partial charge in [-0.15, -0.1) is 0 Å². The van der Waals surface area contributed by atoms with Crippen molar-refractivity contribution in [2.45, 2.75) is 32.7 Å². The summed E-state index contributed by atoms with van der Waals surface area (Å²) in [5.41, 5.74) is 7.69.